The van der Waals surface area contributed by atoms with Crippen molar-refractivity contribution in [1.82, 2.24) is 4.98 Å². The number of carbonyl (C=O) groups is 1. The zero-order valence-corrected chi connectivity index (χ0v) is 24.7. The molecule has 0 radical (unpaired) electrons. The van der Waals surface area contributed by atoms with Gasteiger partial charge >= 0.3 is 5.97 Å². The molecule has 2 N–H and O–H groups in total. The van der Waals surface area contributed by atoms with E-state index in [0.717, 1.165) is 23.7 Å². The number of nitrogens with zero attached hydrogens (tertiary/aromatic N) is 1. The summed E-state index contributed by atoms with van der Waals surface area (Å²) in [5.74, 6) is -0.215. The van der Waals surface area contributed by atoms with Crippen molar-refractivity contribution in [3.05, 3.63) is 84.4 Å². The van der Waals surface area contributed by atoms with Gasteiger partial charge in [-0.25, -0.2) is 9.37 Å². The number of hydrogen-bond donors (Lipinski definition) is 2. The summed E-state index contributed by atoms with van der Waals surface area (Å²) < 4.78 is 18.0. The second-order valence-electron chi connectivity index (χ2n) is 9.10. The number of rotatable bonds is 8. The van der Waals surface area contributed by atoms with Crippen molar-refractivity contribution in [2.75, 3.05) is 19.5 Å². The number of quaternary nitrogens is 1. The highest BCUT2D eigenvalue weighted by atomic mass is 35.5. The number of oxazole rings is 1. The van der Waals surface area contributed by atoms with Crippen LogP contribution in [-0.4, -0.2) is 35.5 Å². The highest BCUT2D eigenvalue weighted by Gasteiger charge is 2.22. The Balaban J connectivity index is 0.000000681. The van der Waals surface area contributed by atoms with Crippen LogP contribution in [0.4, 0.5) is 4.39 Å². The first-order valence-electron chi connectivity index (χ1n) is 13.4. The predicted octanol–water partition coefficient (Wildman–Crippen LogP) is 7.31. The van der Waals surface area contributed by atoms with Crippen molar-refractivity contribution >= 4 is 23.1 Å². The summed E-state index contributed by atoms with van der Waals surface area (Å²) in [6.45, 7) is 17.3. The molecule has 1 aromatic carbocycles. The van der Waals surface area contributed by atoms with Gasteiger partial charge in [-0.1, -0.05) is 76.6 Å². The van der Waals surface area contributed by atoms with Crippen LogP contribution in [0.1, 0.15) is 83.4 Å². The van der Waals surface area contributed by atoms with Gasteiger partial charge in [0.25, 0.3) is 0 Å². The highest BCUT2D eigenvalue weighted by Crippen LogP contribution is 2.17. The molecule has 2 aromatic rings. The molecule has 5 nitrogen and oxygen atoms in total. The molecular weight excluding hydrogens is 503 g/mol. The minimum absolute atomic E-state index is 0.351. The van der Waals surface area contributed by atoms with Gasteiger partial charge in [0.1, 0.15) is 24.3 Å². The molecule has 1 fully saturated rings. The quantitative estimate of drug-likeness (QED) is 0.267. The van der Waals surface area contributed by atoms with E-state index in [4.69, 9.17) is 9.52 Å². The van der Waals surface area contributed by atoms with E-state index in [1.54, 1.807) is 24.2 Å². The number of halogens is 2. The van der Waals surface area contributed by atoms with Crippen LogP contribution in [0.2, 0.25) is 0 Å². The fraction of sp³-hybridized carbons (Fsp3) is 0.484. The Morgan fingerprint density at radius 3 is 2.29 bits per heavy atom. The summed E-state index contributed by atoms with van der Waals surface area (Å²) in [4.78, 5) is 16.7. The second kappa shape index (κ2) is 21.3. The van der Waals surface area contributed by atoms with Crippen molar-refractivity contribution in [2.24, 2.45) is 5.92 Å². The van der Waals surface area contributed by atoms with E-state index < -0.39 is 11.9 Å². The van der Waals surface area contributed by atoms with E-state index in [2.05, 4.69) is 43.9 Å². The van der Waals surface area contributed by atoms with Crippen LogP contribution in [-0.2, 0) is 11.3 Å². The molecule has 0 bridgehead atoms. The number of alkyl halides is 1. The molecule has 0 spiro atoms. The molecule has 0 amide bonds. The summed E-state index contributed by atoms with van der Waals surface area (Å²) in [5.41, 5.74) is 2.64. The number of carboxylic acids is 1. The summed E-state index contributed by atoms with van der Waals surface area (Å²) in [5, 5.41) is 8.61. The number of nitrogens with one attached hydrogen (secondary N) is 1. The number of hydrogen-bond acceptors (Lipinski definition) is 3. The molecule has 1 unspecified atom stereocenters. The molecule has 1 aromatic heterocycles. The fourth-order valence-corrected chi connectivity index (χ4v) is 3.85. The molecule has 212 valence electrons. The standard InChI is InChI=1S/C18H26N2O.C9H9FO2.C3H8.CH3Cl/c1-4-7-16(8-5-2)18-19-17(14-21-18)13-20-11-9-15(6-3)10-12-20;1-6(9(11)12)7-2-4-8(10)5-3-7;1-3-2;1-2/h4-5,7-8,14-15H,1,6,9-13H2,2-3H3;2-6H,1H3,(H,11,12);3H2,1-2H3;1H3/p+1/b8-5-,16-7+;;;. The van der Waals surface area contributed by atoms with Crippen molar-refractivity contribution < 1.29 is 23.6 Å². The smallest absolute Gasteiger partial charge is 0.310 e. The molecule has 38 heavy (non-hydrogen) atoms. The molecule has 1 aliphatic rings. The normalized spacial score (nSPS) is 17.6. The number of allylic oxidation sites excluding steroid dienone is 5. The minimum Gasteiger partial charge on any atom is -0.481 e. The van der Waals surface area contributed by atoms with E-state index in [0.29, 0.717) is 11.5 Å². The highest BCUT2D eigenvalue weighted by molar-refractivity contribution is 6.15. The monoisotopic (exact) mass is 549 g/mol. The number of piperidine rings is 1. The number of aliphatic carboxylic acids is 1. The van der Waals surface area contributed by atoms with Gasteiger partial charge in [-0.2, -0.15) is 0 Å². The fourth-order valence-electron chi connectivity index (χ4n) is 3.85. The third-order valence-electron chi connectivity index (χ3n) is 6.00. The van der Waals surface area contributed by atoms with Gasteiger partial charge in [-0.05, 0) is 50.3 Å². The van der Waals surface area contributed by atoms with Crippen LogP contribution < -0.4 is 4.90 Å². The Bertz CT molecular complexity index is 962. The molecule has 0 saturated carbocycles. The van der Waals surface area contributed by atoms with Crippen molar-refractivity contribution in [2.45, 2.75) is 72.8 Å². The Morgan fingerprint density at radius 2 is 1.82 bits per heavy atom. The van der Waals surface area contributed by atoms with E-state index in [9.17, 15) is 9.18 Å². The third-order valence-corrected chi connectivity index (χ3v) is 6.00. The Labute approximate surface area is 234 Å². The number of carboxylic acid groups (broad SMARTS) is 1. The average Bonchev–Trinajstić information content (AvgIpc) is 3.39. The summed E-state index contributed by atoms with van der Waals surface area (Å²) >= 11 is 4.64. The molecular formula is C31H47ClFN2O3+. The van der Waals surface area contributed by atoms with Crippen LogP contribution in [0.15, 0.2) is 65.8 Å². The number of aromatic nitrogens is 1. The number of likely N-dealkylation sites (tertiary alicyclic amines) is 1. The Kier molecular flexibility index (Phi) is 19.7. The molecule has 1 aliphatic heterocycles. The lowest BCUT2D eigenvalue weighted by atomic mass is 9.94. The lowest BCUT2D eigenvalue weighted by Gasteiger charge is -2.27. The summed E-state index contributed by atoms with van der Waals surface area (Å²) in [6, 6.07) is 5.48. The Morgan fingerprint density at radius 1 is 1.24 bits per heavy atom. The van der Waals surface area contributed by atoms with Crippen LogP contribution in [0, 0.1) is 11.7 Å². The van der Waals surface area contributed by atoms with Gasteiger partial charge in [-0.3, -0.25) is 4.79 Å². The zero-order chi connectivity index (χ0) is 28.9. The SMILES string of the molecule is C=C/C=C(\C=C/C)c1nc(C[NH+]2CCC(CC)CC2)co1.CC(C(=O)O)c1ccc(F)cc1.CCC.CCl. The minimum atomic E-state index is -0.901. The molecule has 3 rings (SSSR count). The van der Waals surface area contributed by atoms with Crippen LogP contribution >= 0.6 is 11.6 Å². The maximum atomic E-state index is 12.4. The van der Waals surface area contributed by atoms with Crippen molar-refractivity contribution in [3.63, 3.8) is 0 Å². The average molecular weight is 550 g/mol. The lowest BCUT2D eigenvalue weighted by Crippen LogP contribution is -3.11. The van der Waals surface area contributed by atoms with Gasteiger partial charge < -0.3 is 14.4 Å². The predicted molar refractivity (Wildman–Crippen MR) is 157 cm³/mol. The lowest BCUT2D eigenvalue weighted by molar-refractivity contribution is -0.920. The maximum absolute atomic E-state index is 12.4. The molecule has 0 aliphatic carbocycles. The van der Waals surface area contributed by atoms with E-state index >= 15 is 0 Å². The van der Waals surface area contributed by atoms with E-state index in [-0.39, 0.29) is 5.82 Å². The van der Waals surface area contributed by atoms with Gasteiger partial charge in [0.15, 0.2) is 0 Å². The zero-order valence-electron chi connectivity index (χ0n) is 24.0. The first-order chi connectivity index (χ1) is 18.3. The largest absolute Gasteiger partial charge is 0.481 e. The first-order valence-corrected chi connectivity index (χ1v) is 14.1. The Hall–Kier alpha value is -2.70. The van der Waals surface area contributed by atoms with Crippen molar-refractivity contribution in [3.8, 4) is 0 Å². The van der Waals surface area contributed by atoms with Gasteiger partial charge in [0.05, 0.1) is 19.0 Å². The van der Waals surface area contributed by atoms with E-state index in [1.165, 1.54) is 69.4 Å². The van der Waals surface area contributed by atoms with Crippen LogP contribution in [0.5, 0.6) is 0 Å². The molecule has 1 saturated heterocycles. The van der Waals surface area contributed by atoms with E-state index in [1.807, 2.05) is 25.2 Å². The maximum Gasteiger partial charge on any atom is 0.310 e. The third kappa shape index (κ3) is 13.7. The van der Waals surface area contributed by atoms with Gasteiger partial charge in [0.2, 0.25) is 5.89 Å². The van der Waals surface area contributed by atoms with Crippen LogP contribution in [0.25, 0.3) is 5.57 Å². The molecule has 2 heterocycles. The second-order valence-corrected chi connectivity index (χ2v) is 9.10. The summed E-state index contributed by atoms with van der Waals surface area (Å²) in [7, 11) is 0. The molecule has 1 atom stereocenters. The van der Waals surface area contributed by atoms with Gasteiger partial charge in [0, 0.05) is 12.0 Å². The summed E-state index contributed by atoms with van der Waals surface area (Å²) in [6.07, 6.45) is 16.2. The molecule has 7 heteroatoms. The first kappa shape index (κ1) is 35.3. The number of benzene rings is 1. The van der Waals surface area contributed by atoms with Gasteiger partial charge in [-0.15, -0.1) is 11.6 Å². The van der Waals surface area contributed by atoms with Crippen molar-refractivity contribution in [1.29, 1.82) is 0 Å². The van der Waals surface area contributed by atoms with Crippen LogP contribution in [0.3, 0.4) is 0 Å². The topological polar surface area (TPSA) is 67.8 Å².